The molecule has 1 saturated heterocycles. The number of aryl methyl sites for hydroxylation is 1. The summed E-state index contributed by atoms with van der Waals surface area (Å²) in [6, 6.07) is 5.42. The second-order valence-electron chi connectivity index (χ2n) is 6.03. The van der Waals surface area contributed by atoms with E-state index in [1.807, 2.05) is 19.1 Å². The van der Waals surface area contributed by atoms with Crippen LogP contribution in [-0.2, 0) is 4.74 Å². The zero-order valence-corrected chi connectivity index (χ0v) is 13.7. The molecule has 1 fully saturated rings. The van der Waals surface area contributed by atoms with E-state index in [0.717, 1.165) is 34.3 Å². The molecule has 0 bridgehead atoms. The van der Waals surface area contributed by atoms with Crippen LogP contribution in [0.4, 0.5) is 10.6 Å². The topological polar surface area (TPSA) is 105 Å². The highest BCUT2D eigenvalue weighted by molar-refractivity contribution is 5.95. The van der Waals surface area contributed by atoms with Gasteiger partial charge in [0.05, 0.1) is 18.2 Å². The Hall–Kier alpha value is -3.00. The molecule has 0 aromatic carbocycles. The third-order valence-corrected chi connectivity index (χ3v) is 4.12. The Balaban J connectivity index is 1.54. The lowest BCUT2D eigenvalue weighted by Crippen LogP contribution is -2.38. The number of nitrogens with zero attached hydrogens (tertiary/aromatic N) is 3. The van der Waals surface area contributed by atoms with Gasteiger partial charge in [0, 0.05) is 41.7 Å². The molecule has 3 aromatic heterocycles. The van der Waals surface area contributed by atoms with Crippen LogP contribution >= 0.6 is 0 Å². The van der Waals surface area contributed by atoms with Gasteiger partial charge in [-0.2, -0.15) is 5.10 Å². The standard InChI is InChI=1S/C17H18N6O2/c1-10-6-11(2-4-18-10)16-13-8-19-15(7-14(13)22-23-16)21-17(24)20-12-3-5-25-9-12/h2,4,6-8,12H,3,5,9H2,1H3,(H,22,23)(H2,19,20,21,24). The van der Waals surface area contributed by atoms with Crippen LogP contribution in [-0.4, -0.2) is 45.5 Å². The monoisotopic (exact) mass is 338 g/mol. The molecule has 0 aliphatic carbocycles. The molecule has 0 radical (unpaired) electrons. The average molecular weight is 338 g/mol. The smallest absolute Gasteiger partial charge is 0.320 e. The number of H-pyrrole nitrogens is 1. The van der Waals surface area contributed by atoms with Crippen molar-refractivity contribution in [2.24, 2.45) is 0 Å². The summed E-state index contributed by atoms with van der Waals surface area (Å²) in [7, 11) is 0. The summed E-state index contributed by atoms with van der Waals surface area (Å²) in [6.07, 6.45) is 4.29. The number of ether oxygens (including phenoxy) is 1. The molecular formula is C17H18N6O2. The largest absolute Gasteiger partial charge is 0.379 e. The normalized spacial score (nSPS) is 16.9. The maximum absolute atomic E-state index is 12.0. The molecule has 25 heavy (non-hydrogen) atoms. The number of fused-ring (bicyclic) bond motifs is 1. The number of urea groups is 1. The van der Waals surface area contributed by atoms with Crippen molar-refractivity contribution < 1.29 is 9.53 Å². The van der Waals surface area contributed by atoms with E-state index in [-0.39, 0.29) is 12.1 Å². The van der Waals surface area contributed by atoms with Gasteiger partial charge < -0.3 is 10.1 Å². The minimum atomic E-state index is -0.285. The predicted octanol–water partition coefficient (Wildman–Crippen LogP) is 2.24. The fraction of sp³-hybridized carbons (Fsp3) is 0.294. The quantitative estimate of drug-likeness (QED) is 0.679. The minimum Gasteiger partial charge on any atom is -0.379 e. The zero-order chi connectivity index (χ0) is 17.2. The first kappa shape index (κ1) is 15.5. The minimum absolute atomic E-state index is 0.0532. The van der Waals surface area contributed by atoms with Crippen molar-refractivity contribution >= 4 is 22.8 Å². The lowest BCUT2D eigenvalue weighted by atomic mass is 10.1. The van der Waals surface area contributed by atoms with Crippen molar-refractivity contribution in [1.82, 2.24) is 25.5 Å². The van der Waals surface area contributed by atoms with E-state index < -0.39 is 0 Å². The van der Waals surface area contributed by atoms with E-state index in [4.69, 9.17) is 4.74 Å². The molecule has 3 N–H and O–H groups in total. The Kier molecular flexibility index (Phi) is 4.02. The molecule has 4 heterocycles. The number of pyridine rings is 2. The molecule has 1 aliphatic rings. The van der Waals surface area contributed by atoms with Gasteiger partial charge in [0.1, 0.15) is 11.5 Å². The van der Waals surface area contributed by atoms with Crippen molar-refractivity contribution in [1.29, 1.82) is 0 Å². The predicted molar refractivity (Wildman–Crippen MR) is 93.2 cm³/mol. The SMILES string of the molecule is Cc1cc(-c2n[nH]c3cc(NC(=O)NC4CCOC4)ncc23)ccn1. The molecule has 1 aliphatic heterocycles. The molecule has 0 spiro atoms. The molecule has 1 unspecified atom stereocenters. The number of anilines is 1. The zero-order valence-electron chi connectivity index (χ0n) is 13.7. The summed E-state index contributed by atoms with van der Waals surface area (Å²) < 4.78 is 5.24. The van der Waals surface area contributed by atoms with Crippen LogP contribution in [0, 0.1) is 6.92 Å². The molecule has 0 saturated carbocycles. The van der Waals surface area contributed by atoms with Crippen LogP contribution in [0.15, 0.2) is 30.6 Å². The summed E-state index contributed by atoms with van der Waals surface area (Å²) in [5, 5.41) is 13.9. The fourth-order valence-corrected chi connectivity index (χ4v) is 2.88. The van der Waals surface area contributed by atoms with Crippen LogP contribution in [0.2, 0.25) is 0 Å². The van der Waals surface area contributed by atoms with Gasteiger partial charge in [-0.05, 0) is 25.5 Å². The van der Waals surface area contributed by atoms with Crippen LogP contribution in [0.5, 0.6) is 0 Å². The third kappa shape index (κ3) is 3.29. The number of aromatic nitrogens is 4. The van der Waals surface area contributed by atoms with E-state index in [0.29, 0.717) is 19.0 Å². The highest BCUT2D eigenvalue weighted by atomic mass is 16.5. The van der Waals surface area contributed by atoms with Gasteiger partial charge in [-0.3, -0.25) is 15.4 Å². The maximum Gasteiger partial charge on any atom is 0.320 e. The number of nitrogens with one attached hydrogen (secondary N) is 3. The number of carbonyl (C=O) groups is 1. The highest BCUT2D eigenvalue weighted by Gasteiger charge is 2.18. The van der Waals surface area contributed by atoms with Crippen molar-refractivity contribution in [3.8, 4) is 11.3 Å². The van der Waals surface area contributed by atoms with E-state index in [1.165, 1.54) is 0 Å². The van der Waals surface area contributed by atoms with Crippen LogP contribution in [0.3, 0.4) is 0 Å². The van der Waals surface area contributed by atoms with Crippen LogP contribution in [0.25, 0.3) is 22.2 Å². The average Bonchev–Trinajstić information content (AvgIpc) is 3.24. The van der Waals surface area contributed by atoms with E-state index >= 15 is 0 Å². The second kappa shape index (κ2) is 6.48. The Morgan fingerprint density at radius 2 is 2.28 bits per heavy atom. The van der Waals surface area contributed by atoms with Gasteiger partial charge in [-0.1, -0.05) is 0 Å². The van der Waals surface area contributed by atoms with Crippen molar-refractivity contribution in [3.05, 3.63) is 36.3 Å². The number of hydrogen-bond acceptors (Lipinski definition) is 5. The Morgan fingerprint density at radius 1 is 1.36 bits per heavy atom. The summed E-state index contributed by atoms with van der Waals surface area (Å²) in [5.41, 5.74) is 3.51. The van der Waals surface area contributed by atoms with Gasteiger partial charge in [0.15, 0.2) is 0 Å². The second-order valence-corrected chi connectivity index (χ2v) is 6.03. The number of amides is 2. The molecular weight excluding hydrogens is 320 g/mol. The number of aromatic amines is 1. The molecule has 2 amide bonds. The maximum atomic E-state index is 12.0. The Labute approximate surface area is 144 Å². The van der Waals surface area contributed by atoms with E-state index in [9.17, 15) is 4.79 Å². The molecule has 8 heteroatoms. The molecule has 128 valence electrons. The van der Waals surface area contributed by atoms with E-state index in [2.05, 4.69) is 30.8 Å². The van der Waals surface area contributed by atoms with Crippen LogP contribution in [0.1, 0.15) is 12.1 Å². The summed E-state index contributed by atoms with van der Waals surface area (Å²) in [5.74, 6) is 0.463. The first-order valence-electron chi connectivity index (χ1n) is 8.11. The number of hydrogen-bond donors (Lipinski definition) is 3. The van der Waals surface area contributed by atoms with Crippen molar-refractivity contribution in [2.75, 3.05) is 18.5 Å². The first-order valence-corrected chi connectivity index (χ1v) is 8.11. The van der Waals surface area contributed by atoms with E-state index in [1.54, 1.807) is 18.5 Å². The first-order chi connectivity index (χ1) is 12.2. The Bertz CT molecular complexity index is 916. The summed E-state index contributed by atoms with van der Waals surface area (Å²) in [4.78, 5) is 20.5. The summed E-state index contributed by atoms with van der Waals surface area (Å²) in [6.45, 7) is 3.17. The third-order valence-electron chi connectivity index (χ3n) is 4.12. The lowest BCUT2D eigenvalue weighted by Gasteiger charge is -2.11. The molecule has 4 rings (SSSR count). The molecule has 3 aromatic rings. The number of rotatable bonds is 3. The van der Waals surface area contributed by atoms with Gasteiger partial charge in [0.25, 0.3) is 0 Å². The lowest BCUT2D eigenvalue weighted by molar-refractivity contribution is 0.189. The van der Waals surface area contributed by atoms with Crippen molar-refractivity contribution in [3.63, 3.8) is 0 Å². The van der Waals surface area contributed by atoms with Gasteiger partial charge in [-0.25, -0.2) is 9.78 Å². The van der Waals surface area contributed by atoms with Gasteiger partial charge >= 0.3 is 6.03 Å². The van der Waals surface area contributed by atoms with Gasteiger partial charge in [-0.15, -0.1) is 0 Å². The fourth-order valence-electron chi connectivity index (χ4n) is 2.88. The Morgan fingerprint density at radius 3 is 3.08 bits per heavy atom. The highest BCUT2D eigenvalue weighted by Crippen LogP contribution is 2.26. The molecule has 8 nitrogen and oxygen atoms in total. The summed E-state index contributed by atoms with van der Waals surface area (Å²) >= 11 is 0. The molecule has 1 atom stereocenters. The van der Waals surface area contributed by atoms with Crippen LogP contribution < -0.4 is 10.6 Å². The van der Waals surface area contributed by atoms with Gasteiger partial charge in [0.2, 0.25) is 0 Å². The number of carbonyl (C=O) groups excluding carboxylic acids is 1. The van der Waals surface area contributed by atoms with Crippen molar-refractivity contribution in [2.45, 2.75) is 19.4 Å².